The first-order chi connectivity index (χ1) is 17.2. The Kier molecular flexibility index (Phi) is 7.21. The van der Waals surface area contributed by atoms with E-state index in [1.54, 1.807) is 34.7 Å². The average molecular weight is 513 g/mol. The van der Waals surface area contributed by atoms with E-state index in [1.807, 2.05) is 12.4 Å². The number of halogens is 1. The van der Waals surface area contributed by atoms with Crippen molar-refractivity contribution in [2.24, 2.45) is 5.92 Å². The Morgan fingerprint density at radius 3 is 2.28 bits per heavy atom. The molecule has 4 heterocycles. The van der Waals surface area contributed by atoms with Gasteiger partial charge in [0.05, 0.1) is 10.6 Å². The summed E-state index contributed by atoms with van der Waals surface area (Å²) in [6, 6.07) is 8.92. The third-order valence-electron chi connectivity index (χ3n) is 7.80. The fourth-order valence-electron chi connectivity index (χ4n) is 5.89. The van der Waals surface area contributed by atoms with Gasteiger partial charge in [0.2, 0.25) is 0 Å². The van der Waals surface area contributed by atoms with Gasteiger partial charge in [-0.15, -0.1) is 0 Å². The Balaban J connectivity index is 1.25. The molecule has 2 aromatic heterocycles. The number of rotatable bonds is 6. The summed E-state index contributed by atoms with van der Waals surface area (Å²) in [6.45, 7) is 10.3. The maximum atomic E-state index is 15.1. The van der Waals surface area contributed by atoms with E-state index in [9.17, 15) is 8.42 Å². The van der Waals surface area contributed by atoms with Crippen LogP contribution in [0.4, 0.5) is 4.39 Å². The summed E-state index contributed by atoms with van der Waals surface area (Å²) >= 11 is 0. The third kappa shape index (κ3) is 5.50. The van der Waals surface area contributed by atoms with E-state index in [4.69, 9.17) is 0 Å². The van der Waals surface area contributed by atoms with Crippen molar-refractivity contribution >= 4 is 15.5 Å². The summed E-state index contributed by atoms with van der Waals surface area (Å²) < 4.78 is 40.3. The molecule has 0 radical (unpaired) electrons. The number of hydrogen-bond donors (Lipinski definition) is 0. The summed E-state index contributed by atoms with van der Waals surface area (Å²) in [6.07, 6.45) is 9.63. The van der Waals surface area contributed by atoms with Crippen LogP contribution in [0, 0.1) is 11.7 Å². The second-order valence-electron chi connectivity index (χ2n) is 11.0. The van der Waals surface area contributed by atoms with Crippen LogP contribution in [0.2, 0.25) is 0 Å². The Morgan fingerprint density at radius 2 is 1.67 bits per heavy atom. The first-order valence-electron chi connectivity index (χ1n) is 13.1. The standard InChI is InChI=1S/C28H37FN4O2S/c1-20(2)17-31-12-10-24(11-13-31)32-14-8-21(9-15-32)23-16-26(29)28-30-27(19-33(28)18-23)22-4-6-25(7-5-22)36(3,34)35/h4-7,16,18-21,24H,8-15,17H2,1-3H3. The van der Waals surface area contributed by atoms with Crippen LogP contribution >= 0.6 is 0 Å². The lowest BCUT2D eigenvalue weighted by molar-refractivity contribution is 0.0827. The summed E-state index contributed by atoms with van der Waals surface area (Å²) in [5, 5.41) is 0. The number of aromatic nitrogens is 2. The van der Waals surface area contributed by atoms with Crippen molar-refractivity contribution in [2.45, 2.75) is 56.4 Å². The van der Waals surface area contributed by atoms with Crippen molar-refractivity contribution in [3.8, 4) is 11.3 Å². The molecule has 2 aliphatic rings. The van der Waals surface area contributed by atoms with Crippen LogP contribution in [0.3, 0.4) is 0 Å². The van der Waals surface area contributed by atoms with Gasteiger partial charge >= 0.3 is 0 Å². The van der Waals surface area contributed by atoms with Gasteiger partial charge in [0.1, 0.15) is 0 Å². The molecule has 3 aromatic rings. The molecule has 8 heteroatoms. The van der Waals surface area contributed by atoms with E-state index in [1.165, 1.54) is 38.7 Å². The summed E-state index contributed by atoms with van der Waals surface area (Å²) in [5.41, 5.74) is 2.72. The van der Waals surface area contributed by atoms with Crippen molar-refractivity contribution in [1.82, 2.24) is 19.2 Å². The second kappa shape index (κ2) is 10.2. The van der Waals surface area contributed by atoms with Gasteiger partial charge < -0.3 is 14.2 Å². The zero-order chi connectivity index (χ0) is 25.4. The van der Waals surface area contributed by atoms with Crippen molar-refractivity contribution in [3.05, 3.63) is 54.1 Å². The van der Waals surface area contributed by atoms with E-state index in [-0.39, 0.29) is 10.7 Å². The quantitative estimate of drug-likeness (QED) is 0.473. The maximum Gasteiger partial charge on any atom is 0.175 e. The van der Waals surface area contributed by atoms with Gasteiger partial charge in [0.25, 0.3) is 0 Å². The van der Waals surface area contributed by atoms with Gasteiger partial charge in [-0.25, -0.2) is 17.8 Å². The molecule has 5 rings (SSSR count). The minimum atomic E-state index is -3.26. The normalized spacial score (nSPS) is 19.5. The molecule has 194 valence electrons. The lowest BCUT2D eigenvalue weighted by Gasteiger charge is -2.42. The number of piperidine rings is 2. The van der Waals surface area contributed by atoms with Gasteiger partial charge in [-0.2, -0.15) is 0 Å². The zero-order valence-electron chi connectivity index (χ0n) is 21.5. The molecule has 0 atom stereocenters. The smallest absolute Gasteiger partial charge is 0.175 e. The first kappa shape index (κ1) is 25.4. The molecule has 2 saturated heterocycles. The van der Waals surface area contributed by atoms with E-state index < -0.39 is 9.84 Å². The average Bonchev–Trinajstić information content (AvgIpc) is 3.29. The molecule has 6 nitrogen and oxygen atoms in total. The number of nitrogens with zero attached hydrogens (tertiary/aromatic N) is 4. The van der Waals surface area contributed by atoms with Crippen LogP contribution in [-0.4, -0.2) is 72.6 Å². The summed E-state index contributed by atoms with van der Waals surface area (Å²) in [7, 11) is -3.26. The monoisotopic (exact) mass is 512 g/mol. The van der Waals surface area contributed by atoms with Crippen LogP contribution < -0.4 is 0 Å². The highest BCUT2D eigenvalue weighted by atomic mass is 32.2. The SMILES string of the molecule is CC(C)CN1CCC(N2CCC(c3cc(F)c4nc(-c5ccc(S(C)(=O)=O)cc5)cn4c3)CC2)CC1. The van der Waals surface area contributed by atoms with Crippen molar-refractivity contribution in [2.75, 3.05) is 39.0 Å². The third-order valence-corrected chi connectivity index (χ3v) is 8.93. The molecule has 0 bridgehead atoms. The zero-order valence-corrected chi connectivity index (χ0v) is 22.3. The van der Waals surface area contributed by atoms with Gasteiger partial charge in [0, 0.05) is 36.8 Å². The fourth-order valence-corrected chi connectivity index (χ4v) is 6.52. The highest BCUT2D eigenvalue weighted by molar-refractivity contribution is 7.90. The van der Waals surface area contributed by atoms with E-state index in [0.29, 0.717) is 23.3 Å². The largest absolute Gasteiger partial charge is 0.304 e. The molecular formula is C28H37FN4O2S. The fraction of sp³-hybridized carbons (Fsp3) is 0.536. The molecular weight excluding hydrogens is 475 g/mol. The highest BCUT2D eigenvalue weighted by Crippen LogP contribution is 2.32. The highest BCUT2D eigenvalue weighted by Gasteiger charge is 2.29. The molecule has 2 aliphatic heterocycles. The van der Waals surface area contributed by atoms with Crippen molar-refractivity contribution in [3.63, 3.8) is 0 Å². The number of hydrogen-bond acceptors (Lipinski definition) is 5. The molecule has 0 N–H and O–H groups in total. The predicted molar refractivity (Wildman–Crippen MR) is 142 cm³/mol. The number of sulfone groups is 1. The minimum Gasteiger partial charge on any atom is -0.304 e. The van der Waals surface area contributed by atoms with Crippen molar-refractivity contribution < 1.29 is 12.8 Å². The van der Waals surface area contributed by atoms with Gasteiger partial charge in [0.15, 0.2) is 21.3 Å². The molecule has 0 aliphatic carbocycles. The maximum absolute atomic E-state index is 15.1. The summed E-state index contributed by atoms with van der Waals surface area (Å²) in [4.78, 5) is 10.0. The van der Waals surface area contributed by atoms with Gasteiger partial charge in [-0.3, -0.25) is 0 Å². The van der Waals surface area contributed by atoms with Crippen LogP contribution in [0.25, 0.3) is 16.9 Å². The van der Waals surface area contributed by atoms with Crippen LogP contribution in [-0.2, 0) is 9.84 Å². The molecule has 0 saturated carbocycles. The van der Waals surface area contributed by atoms with E-state index in [0.717, 1.165) is 43.0 Å². The number of imidazole rings is 1. The summed E-state index contributed by atoms with van der Waals surface area (Å²) in [5.74, 6) is 0.759. The lowest BCUT2D eigenvalue weighted by atomic mass is 9.88. The van der Waals surface area contributed by atoms with Crippen LogP contribution in [0.5, 0.6) is 0 Å². The Bertz CT molecular complexity index is 1300. The van der Waals surface area contributed by atoms with Crippen molar-refractivity contribution in [1.29, 1.82) is 0 Å². The number of fused-ring (bicyclic) bond motifs is 1. The number of likely N-dealkylation sites (tertiary alicyclic amines) is 2. The Labute approximate surface area is 214 Å². The van der Waals surface area contributed by atoms with Crippen LogP contribution in [0.15, 0.2) is 47.6 Å². The minimum absolute atomic E-state index is 0.260. The van der Waals surface area contributed by atoms with E-state index in [2.05, 4.69) is 28.6 Å². The number of pyridine rings is 1. The van der Waals surface area contributed by atoms with Gasteiger partial charge in [-0.05, 0) is 87.5 Å². The molecule has 0 spiro atoms. The van der Waals surface area contributed by atoms with Gasteiger partial charge in [-0.1, -0.05) is 26.0 Å². The predicted octanol–water partition coefficient (Wildman–Crippen LogP) is 4.84. The molecule has 2 fully saturated rings. The van der Waals surface area contributed by atoms with E-state index >= 15 is 4.39 Å². The Morgan fingerprint density at radius 1 is 1.00 bits per heavy atom. The second-order valence-corrected chi connectivity index (χ2v) is 13.0. The number of benzene rings is 1. The first-order valence-corrected chi connectivity index (χ1v) is 15.0. The molecule has 0 amide bonds. The van der Waals surface area contributed by atoms with Crippen LogP contribution in [0.1, 0.15) is 51.0 Å². The lowest BCUT2D eigenvalue weighted by Crippen LogP contribution is -2.48. The molecule has 0 unspecified atom stereocenters. The molecule has 1 aromatic carbocycles. The topological polar surface area (TPSA) is 57.9 Å². The Hall–Kier alpha value is -2.29. The molecule has 36 heavy (non-hydrogen) atoms.